The minimum atomic E-state index is -4.76. The Morgan fingerprint density at radius 2 is 1.61 bits per heavy atom. The fourth-order valence-electron chi connectivity index (χ4n) is 2.70. The first-order chi connectivity index (χ1) is 17.2. The zero-order valence-corrected chi connectivity index (χ0v) is 19.7. The van der Waals surface area contributed by atoms with Gasteiger partial charge >= 0.3 is 6.36 Å². The van der Waals surface area contributed by atoms with Crippen LogP contribution in [0.1, 0.15) is 16.7 Å². The van der Waals surface area contributed by atoms with Crippen LogP contribution in [0, 0.1) is 0 Å². The Bertz CT molecular complexity index is 1200. The number of hydrogen-bond acceptors (Lipinski definition) is 6. The molecule has 3 rings (SSSR count). The van der Waals surface area contributed by atoms with Gasteiger partial charge in [0.1, 0.15) is 23.7 Å². The zero-order valence-electron chi connectivity index (χ0n) is 18.9. The van der Waals surface area contributed by atoms with Crippen molar-refractivity contribution in [1.29, 1.82) is 0 Å². The standard InChI is InChI=1S/C24H21F4N5O2S/c1-34-21-10-4-18(5-11-21)15-36-33(28)32-14-17-2-6-19(7-3-17)23(29)31-16-30-20-8-12-22(13-9-20)35-24(25,26)27/h2-14,16H,15H2,1H3,(H2,29,30,31)/b32-14+. The Labute approximate surface area is 209 Å². The fourth-order valence-corrected chi connectivity index (χ4v) is 3.26. The van der Waals surface area contributed by atoms with Gasteiger partial charge in [0.2, 0.25) is 0 Å². The molecule has 0 fully saturated rings. The Morgan fingerprint density at radius 3 is 2.22 bits per heavy atom. The molecule has 36 heavy (non-hydrogen) atoms. The van der Waals surface area contributed by atoms with E-state index in [0.717, 1.165) is 35.4 Å². The Hall–Kier alpha value is -4.06. The molecule has 3 aromatic rings. The SMILES string of the molecule is COc1ccc(CSN(F)/N=C/c2ccc(C(N)=NC=Nc3ccc(OC(F)(F)F)cc3)cc2)cc1. The predicted molar refractivity (Wildman–Crippen MR) is 133 cm³/mol. The molecule has 7 nitrogen and oxygen atoms in total. The molecule has 0 spiro atoms. The number of methoxy groups -OCH3 is 1. The number of alkyl halides is 3. The molecule has 188 valence electrons. The van der Waals surface area contributed by atoms with Gasteiger partial charge in [-0.3, -0.25) is 0 Å². The first-order valence-electron chi connectivity index (χ1n) is 10.3. The number of rotatable bonds is 10. The third-order valence-electron chi connectivity index (χ3n) is 4.47. The molecular weight excluding hydrogens is 498 g/mol. The van der Waals surface area contributed by atoms with Crippen molar-refractivity contribution in [1.82, 2.24) is 4.64 Å². The van der Waals surface area contributed by atoms with Crippen LogP contribution in [0.5, 0.6) is 11.5 Å². The van der Waals surface area contributed by atoms with Crippen molar-refractivity contribution >= 4 is 36.0 Å². The zero-order chi connectivity index (χ0) is 26.0. The third kappa shape index (κ3) is 8.95. The maximum Gasteiger partial charge on any atom is 0.573 e. The quantitative estimate of drug-likeness (QED) is 0.0883. The van der Waals surface area contributed by atoms with Crippen LogP contribution in [-0.4, -0.2) is 36.5 Å². The van der Waals surface area contributed by atoms with Gasteiger partial charge in [-0.25, -0.2) is 9.98 Å². The second-order valence-corrected chi connectivity index (χ2v) is 7.86. The van der Waals surface area contributed by atoms with E-state index in [1.165, 1.54) is 24.7 Å². The molecule has 2 N–H and O–H groups in total. The minimum absolute atomic E-state index is 0.168. The Balaban J connectivity index is 1.50. The topological polar surface area (TPSA) is 84.8 Å². The van der Waals surface area contributed by atoms with Crippen molar-refractivity contribution in [3.63, 3.8) is 0 Å². The summed E-state index contributed by atoms with van der Waals surface area (Å²) in [6.07, 6.45) is -2.20. The van der Waals surface area contributed by atoms with E-state index < -0.39 is 6.36 Å². The molecule has 0 saturated carbocycles. The molecule has 0 atom stereocenters. The number of halogens is 4. The first-order valence-corrected chi connectivity index (χ1v) is 11.2. The predicted octanol–water partition coefficient (Wildman–Crippen LogP) is 6.03. The summed E-state index contributed by atoms with van der Waals surface area (Å²) in [4.78, 5) is 8.04. The Morgan fingerprint density at radius 1 is 0.972 bits per heavy atom. The van der Waals surface area contributed by atoms with Gasteiger partial charge in [-0.15, -0.1) is 18.3 Å². The molecule has 0 unspecified atom stereocenters. The maximum atomic E-state index is 14.0. The highest BCUT2D eigenvalue weighted by Gasteiger charge is 2.30. The Kier molecular flexibility index (Phi) is 9.28. The van der Waals surface area contributed by atoms with E-state index >= 15 is 0 Å². The number of hydrazone groups is 1. The smallest absolute Gasteiger partial charge is 0.497 e. The molecular formula is C24H21F4N5O2S. The number of hydrogen-bond donors (Lipinski definition) is 1. The molecule has 0 amide bonds. The molecule has 0 radical (unpaired) electrons. The van der Waals surface area contributed by atoms with Crippen LogP contribution in [0.25, 0.3) is 0 Å². The molecule has 0 bridgehead atoms. The molecule has 3 aromatic carbocycles. The number of aliphatic imine (C=N–C) groups is 2. The molecule has 0 aliphatic rings. The second kappa shape index (κ2) is 12.6. The lowest BCUT2D eigenvalue weighted by molar-refractivity contribution is -0.274. The number of amidine groups is 1. The highest BCUT2D eigenvalue weighted by atomic mass is 32.2. The van der Waals surface area contributed by atoms with Crippen LogP contribution in [-0.2, 0) is 5.75 Å². The van der Waals surface area contributed by atoms with E-state index in [1.54, 1.807) is 43.5 Å². The average Bonchev–Trinajstić information content (AvgIpc) is 2.87. The molecule has 0 aliphatic heterocycles. The second-order valence-electron chi connectivity index (χ2n) is 7.01. The molecule has 0 aromatic heterocycles. The summed E-state index contributed by atoms with van der Waals surface area (Å²) in [5, 5.41) is 3.75. The van der Waals surface area contributed by atoms with Crippen molar-refractivity contribution in [2.45, 2.75) is 12.1 Å². The van der Waals surface area contributed by atoms with Gasteiger partial charge in [0.25, 0.3) is 0 Å². The van der Waals surface area contributed by atoms with E-state index in [-0.39, 0.29) is 16.2 Å². The van der Waals surface area contributed by atoms with Gasteiger partial charge in [0, 0.05) is 23.3 Å². The summed E-state index contributed by atoms with van der Waals surface area (Å²) < 4.78 is 59.7. The van der Waals surface area contributed by atoms with Crippen LogP contribution in [0.15, 0.2) is 87.9 Å². The summed E-state index contributed by atoms with van der Waals surface area (Å²) in [5.74, 6) is 0.950. The van der Waals surface area contributed by atoms with Crippen molar-refractivity contribution in [3.05, 3.63) is 89.5 Å². The summed E-state index contributed by atoms with van der Waals surface area (Å²) in [6, 6.07) is 19.0. The van der Waals surface area contributed by atoms with Crippen LogP contribution in [0.2, 0.25) is 0 Å². The van der Waals surface area contributed by atoms with Crippen molar-refractivity contribution in [3.8, 4) is 11.5 Å². The lowest BCUT2D eigenvalue weighted by Crippen LogP contribution is -2.16. The van der Waals surface area contributed by atoms with E-state index in [1.807, 2.05) is 12.1 Å². The summed E-state index contributed by atoms with van der Waals surface area (Å²) in [5.41, 5.74) is 8.48. The largest absolute Gasteiger partial charge is 0.573 e. The van der Waals surface area contributed by atoms with Gasteiger partial charge < -0.3 is 15.2 Å². The molecule has 0 aliphatic carbocycles. The highest BCUT2D eigenvalue weighted by Crippen LogP contribution is 2.25. The van der Waals surface area contributed by atoms with Crippen LogP contribution < -0.4 is 15.2 Å². The van der Waals surface area contributed by atoms with Crippen molar-refractivity contribution < 1.29 is 27.1 Å². The lowest BCUT2D eigenvalue weighted by Gasteiger charge is -2.08. The monoisotopic (exact) mass is 519 g/mol. The van der Waals surface area contributed by atoms with Crippen LogP contribution in [0.3, 0.4) is 0 Å². The summed E-state index contributed by atoms with van der Waals surface area (Å²) in [7, 11) is 1.58. The van der Waals surface area contributed by atoms with Gasteiger partial charge in [-0.05, 0) is 47.5 Å². The normalized spacial score (nSPS) is 12.3. The number of ether oxygens (including phenoxy) is 2. The van der Waals surface area contributed by atoms with Gasteiger partial charge in [-0.1, -0.05) is 45.5 Å². The van der Waals surface area contributed by atoms with Gasteiger partial charge in [0.15, 0.2) is 0 Å². The van der Waals surface area contributed by atoms with Crippen LogP contribution in [0.4, 0.5) is 23.3 Å². The van der Waals surface area contributed by atoms with Gasteiger partial charge in [-0.2, -0.15) is 0 Å². The lowest BCUT2D eigenvalue weighted by atomic mass is 10.1. The van der Waals surface area contributed by atoms with Crippen LogP contribution >= 0.6 is 11.9 Å². The molecule has 0 heterocycles. The third-order valence-corrected chi connectivity index (χ3v) is 5.24. The number of nitrogens with zero attached hydrogens (tertiary/aromatic N) is 4. The minimum Gasteiger partial charge on any atom is -0.497 e. The van der Waals surface area contributed by atoms with E-state index in [4.69, 9.17) is 10.5 Å². The number of nitrogens with two attached hydrogens (primary N) is 1. The van der Waals surface area contributed by atoms with E-state index in [9.17, 15) is 17.7 Å². The summed E-state index contributed by atoms with van der Waals surface area (Å²) in [6.45, 7) is 0. The van der Waals surface area contributed by atoms with E-state index in [0.29, 0.717) is 22.6 Å². The first kappa shape index (κ1) is 26.5. The fraction of sp³-hybridized carbons (Fsp3) is 0.125. The maximum absolute atomic E-state index is 14.0. The van der Waals surface area contributed by atoms with Crippen molar-refractivity contribution in [2.24, 2.45) is 20.8 Å². The molecule has 12 heteroatoms. The summed E-state index contributed by atoms with van der Waals surface area (Å²) >= 11 is 0.898. The average molecular weight is 520 g/mol. The molecule has 0 saturated heterocycles. The highest BCUT2D eigenvalue weighted by molar-refractivity contribution is 7.96. The number of benzene rings is 3. The van der Waals surface area contributed by atoms with Crippen molar-refractivity contribution in [2.75, 3.05) is 7.11 Å². The van der Waals surface area contributed by atoms with Gasteiger partial charge in [0.05, 0.1) is 19.0 Å². The van der Waals surface area contributed by atoms with E-state index in [2.05, 4.69) is 19.8 Å².